The molecule has 0 saturated heterocycles. The van der Waals surface area contributed by atoms with Crippen LogP contribution in [0, 0.1) is 0 Å². The summed E-state index contributed by atoms with van der Waals surface area (Å²) in [5.74, 6) is 1.37. The normalized spacial score (nSPS) is 11.9. The molecule has 1 aromatic heterocycles. The molecule has 0 spiro atoms. The molecule has 1 heterocycles. The van der Waals surface area contributed by atoms with Gasteiger partial charge in [0.25, 0.3) is 5.91 Å². The summed E-state index contributed by atoms with van der Waals surface area (Å²) in [6, 6.07) is 9.66. The number of aryl methyl sites for hydroxylation is 1. The molecule has 0 atom stereocenters. The van der Waals surface area contributed by atoms with Crippen LogP contribution in [0.15, 0.2) is 35.3 Å². The van der Waals surface area contributed by atoms with Gasteiger partial charge in [0.1, 0.15) is 0 Å². The Hall–Kier alpha value is -2.80. The lowest BCUT2D eigenvalue weighted by Crippen LogP contribution is -2.16. The average molecular weight is 415 g/mol. The maximum Gasteiger partial charge on any atom is 0.279 e. The van der Waals surface area contributed by atoms with Gasteiger partial charge in [0.15, 0.2) is 16.3 Å². The molecule has 1 amide bonds. The average Bonchev–Trinajstić information content (AvgIpc) is 3.08. The van der Waals surface area contributed by atoms with Gasteiger partial charge in [-0.3, -0.25) is 4.79 Å². The second kappa shape index (κ2) is 8.69. The molecule has 6 nitrogen and oxygen atoms in total. The Bertz CT molecular complexity index is 1090. The molecule has 0 aliphatic rings. The van der Waals surface area contributed by atoms with Crippen LogP contribution in [0.1, 0.15) is 42.6 Å². The van der Waals surface area contributed by atoms with Crippen LogP contribution < -0.4 is 19.0 Å². The molecule has 29 heavy (non-hydrogen) atoms. The van der Waals surface area contributed by atoms with E-state index in [0.717, 1.165) is 16.8 Å². The van der Waals surface area contributed by atoms with Crippen molar-refractivity contribution in [3.63, 3.8) is 0 Å². The SMILES string of the molecule is CCn1c(=NC(=O)c2cc(OC)c(OC)c(OC)c2)sc2cc(C(C)C)ccc21. The van der Waals surface area contributed by atoms with Crippen molar-refractivity contribution in [3.8, 4) is 17.2 Å². The molecule has 0 N–H and O–H groups in total. The van der Waals surface area contributed by atoms with Crippen LogP contribution in [-0.2, 0) is 6.54 Å². The number of ether oxygens (including phenoxy) is 3. The number of benzene rings is 2. The van der Waals surface area contributed by atoms with E-state index in [1.165, 1.54) is 38.2 Å². The second-order valence-electron chi connectivity index (χ2n) is 6.84. The van der Waals surface area contributed by atoms with Crippen molar-refractivity contribution in [2.45, 2.75) is 33.2 Å². The lowest BCUT2D eigenvalue weighted by Gasteiger charge is -2.12. The van der Waals surface area contributed by atoms with E-state index in [2.05, 4.69) is 41.6 Å². The zero-order valence-corrected chi connectivity index (χ0v) is 18.4. The van der Waals surface area contributed by atoms with Gasteiger partial charge in [-0.05, 0) is 42.7 Å². The van der Waals surface area contributed by atoms with Crippen LogP contribution in [-0.4, -0.2) is 31.8 Å². The van der Waals surface area contributed by atoms with Gasteiger partial charge in [0.2, 0.25) is 5.75 Å². The Morgan fingerprint density at radius 2 is 1.72 bits per heavy atom. The summed E-state index contributed by atoms with van der Waals surface area (Å²) < 4.78 is 19.2. The summed E-state index contributed by atoms with van der Waals surface area (Å²) >= 11 is 1.52. The molecule has 3 rings (SSSR count). The van der Waals surface area contributed by atoms with Gasteiger partial charge in [-0.15, -0.1) is 0 Å². The van der Waals surface area contributed by atoms with Gasteiger partial charge in [-0.25, -0.2) is 0 Å². The van der Waals surface area contributed by atoms with Crippen LogP contribution in [0.4, 0.5) is 0 Å². The Labute approximate surface area is 174 Å². The topological polar surface area (TPSA) is 62.1 Å². The van der Waals surface area contributed by atoms with Crippen LogP contribution in [0.3, 0.4) is 0 Å². The van der Waals surface area contributed by atoms with Gasteiger partial charge in [-0.1, -0.05) is 31.3 Å². The van der Waals surface area contributed by atoms with Gasteiger partial charge < -0.3 is 18.8 Å². The zero-order chi connectivity index (χ0) is 21.1. The minimum atomic E-state index is -0.359. The Balaban J connectivity index is 2.12. The lowest BCUT2D eigenvalue weighted by atomic mass is 10.0. The molecular formula is C22H26N2O4S. The molecule has 0 bridgehead atoms. The maximum absolute atomic E-state index is 12.9. The van der Waals surface area contributed by atoms with Crippen molar-refractivity contribution in [2.24, 2.45) is 4.99 Å². The number of amides is 1. The molecular weight excluding hydrogens is 388 g/mol. The number of methoxy groups -OCH3 is 3. The maximum atomic E-state index is 12.9. The van der Waals surface area contributed by atoms with E-state index >= 15 is 0 Å². The highest BCUT2D eigenvalue weighted by molar-refractivity contribution is 7.16. The monoisotopic (exact) mass is 414 g/mol. The van der Waals surface area contributed by atoms with Crippen molar-refractivity contribution >= 4 is 27.5 Å². The number of nitrogens with zero attached hydrogens (tertiary/aromatic N) is 2. The van der Waals surface area contributed by atoms with E-state index in [-0.39, 0.29) is 5.91 Å². The molecule has 0 aliphatic heterocycles. The predicted molar refractivity (Wildman–Crippen MR) is 116 cm³/mol. The summed E-state index contributed by atoms with van der Waals surface area (Å²) in [7, 11) is 4.57. The number of aromatic nitrogens is 1. The Kier molecular flexibility index (Phi) is 6.27. The summed E-state index contributed by atoms with van der Waals surface area (Å²) in [5.41, 5.74) is 2.73. The summed E-state index contributed by atoms with van der Waals surface area (Å²) in [4.78, 5) is 18.0. The van der Waals surface area contributed by atoms with Crippen molar-refractivity contribution in [1.82, 2.24) is 4.57 Å². The second-order valence-corrected chi connectivity index (χ2v) is 7.85. The molecule has 3 aromatic rings. The van der Waals surface area contributed by atoms with Gasteiger partial charge in [0, 0.05) is 12.1 Å². The highest BCUT2D eigenvalue weighted by Crippen LogP contribution is 2.38. The smallest absolute Gasteiger partial charge is 0.279 e. The molecule has 2 aromatic carbocycles. The molecule has 0 unspecified atom stereocenters. The van der Waals surface area contributed by atoms with E-state index in [4.69, 9.17) is 14.2 Å². The fraction of sp³-hybridized carbons (Fsp3) is 0.364. The molecule has 0 saturated carbocycles. The van der Waals surface area contributed by atoms with Crippen LogP contribution >= 0.6 is 11.3 Å². The van der Waals surface area contributed by atoms with E-state index < -0.39 is 0 Å². The van der Waals surface area contributed by atoms with Crippen LogP contribution in [0.5, 0.6) is 17.2 Å². The highest BCUT2D eigenvalue weighted by atomic mass is 32.1. The van der Waals surface area contributed by atoms with E-state index in [1.54, 1.807) is 12.1 Å². The molecule has 0 fully saturated rings. The first-order valence-electron chi connectivity index (χ1n) is 9.45. The summed E-state index contributed by atoms with van der Waals surface area (Å²) in [5, 5.41) is 0. The number of fused-ring (bicyclic) bond motifs is 1. The Morgan fingerprint density at radius 3 is 2.24 bits per heavy atom. The Morgan fingerprint density at radius 1 is 1.07 bits per heavy atom. The third-order valence-corrected chi connectivity index (χ3v) is 5.84. The zero-order valence-electron chi connectivity index (χ0n) is 17.6. The fourth-order valence-electron chi connectivity index (χ4n) is 3.20. The number of hydrogen-bond acceptors (Lipinski definition) is 5. The van der Waals surface area contributed by atoms with Crippen molar-refractivity contribution < 1.29 is 19.0 Å². The van der Waals surface area contributed by atoms with Crippen molar-refractivity contribution in [1.29, 1.82) is 0 Å². The number of hydrogen-bond donors (Lipinski definition) is 0. The summed E-state index contributed by atoms with van der Waals surface area (Å²) in [6.45, 7) is 7.11. The number of rotatable bonds is 6. The predicted octanol–water partition coefficient (Wildman–Crippen LogP) is 4.61. The number of carbonyl (C=O) groups is 1. The highest BCUT2D eigenvalue weighted by Gasteiger charge is 2.17. The van der Waals surface area contributed by atoms with E-state index in [0.29, 0.717) is 33.5 Å². The minimum Gasteiger partial charge on any atom is -0.493 e. The number of thiazole rings is 1. The molecule has 154 valence electrons. The third-order valence-electron chi connectivity index (χ3n) is 4.80. The van der Waals surface area contributed by atoms with E-state index in [1.807, 2.05) is 6.92 Å². The van der Waals surface area contributed by atoms with Crippen LogP contribution in [0.25, 0.3) is 10.2 Å². The lowest BCUT2D eigenvalue weighted by molar-refractivity contribution is 0.0997. The molecule has 7 heteroatoms. The number of carbonyl (C=O) groups excluding carboxylic acids is 1. The first kappa shape index (κ1) is 20.9. The molecule has 0 radical (unpaired) electrons. The fourth-order valence-corrected chi connectivity index (χ4v) is 4.34. The minimum absolute atomic E-state index is 0.359. The van der Waals surface area contributed by atoms with E-state index in [9.17, 15) is 4.79 Å². The van der Waals surface area contributed by atoms with Gasteiger partial charge >= 0.3 is 0 Å². The molecule has 0 aliphatic carbocycles. The first-order valence-corrected chi connectivity index (χ1v) is 10.3. The van der Waals surface area contributed by atoms with Gasteiger partial charge in [0.05, 0.1) is 31.5 Å². The van der Waals surface area contributed by atoms with Crippen molar-refractivity contribution in [3.05, 3.63) is 46.3 Å². The third kappa shape index (κ3) is 4.00. The standard InChI is InChI=1S/C22H26N2O4S/c1-7-24-16-9-8-14(13(2)3)12-19(16)29-22(24)23-21(25)15-10-17(26-4)20(28-6)18(11-15)27-5/h8-13H,7H2,1-6H3. The largest absolute Gasteiger partial charge is 0.493 e. The van der Waals surface area contributed by atoms with Crippen molar-refractivity contribution in [2.75, 3.05) is 21.3 Å². The van der Waals surface area contributed by atoms with Crippen LogP contribution in [0.2, 0.25) is 0 Å². The first-order chi connectivity index (χ1) is 13.9. The summed E-state index contributed by atoms with van der Waals surface area (Å²) in [6.07, 6.45) is 0. The van der Waals surface area contributed by atoms with Gasteiger partial charge in [-0.2, -0.15) is 4.99 Å². The quantitative estimate of drug-likeness (QED) is 0.591.